The fourth-order valence-electron chi connectivity index (χ4n) is 4.86. The van der Waals surface area contributed by atoms with Crippen LogP contribution in [0.2, 0.25) is 0 Å². The highest BCUT2D eigenvalue weighted by molar-refractivity contribution is 5.79. The van der Waals surface area contributed by atoms with Crippen LogP contribution in [0.1, 0.15) is 62.6 Å². The summed E-state index contributed by atoms with van der Waals surface area (Å²) < 4.78 is 5.30. The molecule has 0 radical (unpaired) electrons. The molecule has 34 heavy (non-hydrogen) atoms. The molecule has 1 fully saturated rings. The van der Waals surface area contributed by atoms with E-state index in [1.807, 2.05) is 46.2 Å². The van der Waals surface area contributed by atoms with E-state index in [4.69, 9.17) is 4.74 Å². The van der Waals surface area contributed by atoms with Crippen LogP contribution < -0.4 is 4.74 Å². The quantitative estimate of drug-likeness (QED) is 0.499. The van der Waals surface area contributed by atoms with Gasteiger partial charge in [-0.15, -0.1) is 0 Å². The van der Waals surface area contributed by atoms with E-state index in [0.29, 0.717) is 12.3 Å². The van der Waals surface area contributed by atoms with Gasteiger partial charge < -0.3 is 14.7 Å². The highest BCUT2D eigenvalue weighted by Gasteiger charge is 2.48. The second-order valence-electron chi connectivity index (χ2n) is 8.99. The lowest BCUT2D eigenvalue weighted by Crippen LogP contribution is -2.42. The van der Waals surface area contributed by atoms with Crippen molar-refractivity contribution in [1.29, 1.82) is 0 Å². The normalized spacial score (nSPS) is 20.3. The molecule has 0 aliphatic carbocycles. The first-order valence-electron chi connectivity index (χ1n) is 12.3. The van der Waals surface area contributed by atoms with Crippen molar-refractivity contribution >= 4 is 11.9 Å². The molecule has 3 atom stereocenters. The van der Waals surface area contributed by atoms with E-state index in [9.17, 15) is 14.7 Å². The number of carbonyl (C=O) groups excluding carboxylic acids is 1. The number of hydrogen-bond donors (Lipinski definition) is 1. The van der Waals surface area contributed by atoms with E-state index < -0.39 is 17.9 Å². The lowest BCUT2D eigenvalue weighted by atomic mass is 9.83. The lowest BCUT2D eigenvalue weighted by Gasteiger charge is -2.30. The van der Waals surface area contributed by atoms with Crippen LogP contribution in [0, 0.1) is 5.92 Å². The van der Waals surface area contributed by atoms with Gasteiger partial charge in [-0.1, -0.05) is 44.9 Å². The maximum atomic E-state index is 13.4. The van der Waals surface area contributed by atoms with Crippen LogP contribution in [0.5, 0.6) is 5.75 Å². The topological polar surface area (TPSA) is 83.0 Å². The summed E-state index contributed by atoms with van der Waals surface area (Å²) in [6.07, 6.45) is 7.42. The van der Waals surface area contributed by atoms with E-state index in [1.54, 1.807) is 19.5 Å². The van der Waals surface area contributed by atoms with Crippen LogP contribution in [0.15, 0.2) is 48.8 Å². The minimum Gasteiger partial charge on any atom is -0.497 e. The van der Waals surface area contributed by atoms with Crippen LogP contribution in [0.3, 0.4) is 0 Å². The molecule has 2 aromatic rings. The number of likely N-dealkylation sites (tertiary alicyclic amines) is 1. The van der Waals surface area contributed by atoms with Gasteiger partial charge in [-0.25, -0.2) is 0 Å². The summed E-state index contributed by atoms with van der Waals surface area (Å²) in [4.78, 5) is 34.2. The van der Waals surface area contributed by atoms with Crippen LogP contribution in [-0.4, -0.2) is 65.1 Å². The third-order valence-corrected chi connectivity index (χ3v) is 6.71. The zero-order valence-corrected chi connectivity index (χ0v) is 20.5. The summed E-state index contributed by atoms with van der Waals surface area (Å²) >= 11 is 0. The number of carboxylic acid groups (broad SMARTS) is 1. The summed E-state index contributed by atoms with van der Waals surface area (Å²) in [5.74, 6) is -1.03. The van der Waals surface area contributed by atoms with E-state index >= 15 is 0 Å². The van der Waals surface area contributed by atoms with E-state index in [0.717, 1.165) is 49.9 Å². The molecule has 7 heteroatoms. The van der Waals surface area contributed by atoms with Gasteiger partial charge >= 0.3 is 5.97 Å². The molecule has 1 aliphatic heterocycles. The van der Waals surface area contributed by atoms with Crippen molar-refractivity contribution in [3.05, 3.63) is 59.9 Å². The number of hydrogen-bond acceptors (Lipinski definition) is 5. The average molecular weight is 468 g/mol. The van der Waals surface area contributed by atoms with Gasteiger partial charge in [0.2, 0.25) is 5.91 Å². The Labute approximate surface area is 202 Å². The van der Waals surface area contributed by atoms with Crippen molar-refractivity contribution in [2.45, 2.75) is 51.5 Å². The highest BCUT2D eigenvalue weighted by Crippen LogP contribution is 2.46. The molecular formula is C27H37N3O4. The smallest absolute Gasteiger partial charge is 0.309 e. The van der Waals surface area contributed by atoms with Gasteiger partial charge in [-0.2, -0.15) is 0 Å². The number of pyridine rings is 1. The third kappa shape index (κ3) is 6.14. The van der Waals surface area contributed by atoms with Crippen molar-refractivity contribution in [3.8, 4) is 5.75 Å². The molecule has 0 saturated carbocycles. The summed E-state index contributed by atoms with van der Waals surface area (Å²) in [5, 5.41) is 10.3. The van der Waals surface area contributed by atoms with Crippen LogP contribution in [-0.2, 0) is 9.59 Å². The number of ether oxygens (including phenoxy) is 1. The molecule has 7 nitrogen and oxygen atoms in total. The second kappa shape index (κ2) is 12.5. The van der Waals surface area contributed by atoms with Crippen molar-refractivity contribution in [2.75, 3.05) is 33.3 Å². The molecule has 1 aromatic heterocycles. The Bertz CT molecular complexity index is 911. The Morgan fingerprint density at radius 2 is 1.76 bits per heavy atom. The minimum absolute atomic E-state index is 0.0661. The van der Waals surface area contributed by atoms with Crippen molar-refractivity contribution in [3.63, 3.8) is 0 Å². The maximum Gasteiger partial charge on any atom is 0.309 e. The fraction of sp³-hybridized carbons (Fsp3) is 0.519. The largest absolute Gasteiger partial charge is 0.497 e. The first kappa shape index (κ1) is 25.7. The molecule has 0 bridgehead atoms. The van der Waals surface area contributed by atoms with Gasteiger partial charge in [0.05, 0.1) is 19.6 Å². The van der Waals surface area contributed by atoms with Gasteiger partial charge in [-0.3, -0.25) is 19.5 Å². The number of carboxylic acids is 1. The number of nitrogens with zero attached hydrogens (tertiary/aromatic N) is 3. The Morgan fingerprint density at radius 1 is 1.09 bits per heavy atom. The molecule has 0 spiro atoms. The number of amides is 1. The van der Waals surface area contributed by atoms with Gasteiger partial charge in [0.25, 0.3) is 0 Å². The molecule has 2 heterocycles. The van der Waals surface area contributed by atoms with Crippen LogP contribution in [0.25, 0.3) is 0 Å². The number of aromatic nitrogens is 1. The molecule has 1 N–H and O–H groups in total. The minimum atomic E-state index is -0.863. The summed E-state index contributed by atoms with van der Waals surface area (Å²) in [5.41, 5.74) is 1.76. The predicted octanol–water partition coefficient (Wildman–Crippen LogP) is 4.36. The monoisotopic (exact) mass is 467 g/mol. The van der Waals surface area contributed by atoms with Crippen molar-refractivity contribution < 1.29 is 19.4 Å². The van der Waals surface area contributed by atoms with E-state index in [1.165, 1.54) is 0 Å². The summed E-state index contributed by atoms with van der Waals surface area (Å²) in [6, 6.07) is 10.9. The SMILES string of the molecule is CCCCN(CCCC)C(=O)CN1CC(c2cccnc2)[C@H](C(=O)O)[C@H]1c1ccc(OC)cc1. The zero-order valence-electron chi connectivity index (χ0n) is 20.5. The molecule has 1 aliphatic rings. The molecule has 184 valence electrons. The molecule has 1 unspecified atom stereocenters. The summed E-state index contributed by atoms with van der Waals surface area (Å²) in [6.45, 7) is 6.41. The number of aliphatic carboxylic acids is 1. The van der Waals surface area contributed by atoms with Gasteiger partial charge in [0.1, 0.15) is 5.75 Å². The fourth-order valence-corrected chi connectivity index (χ4v) is 4.86. The summed E-state index contributed by atoms with van der Waals surface area (Å²) in [7, 11) is 1.61. The Morgan fingerprint density at radius 3 is 2.29 bits per heavy atom. The van der Waals surface area contributed by atoms with E-state index in [2.05, 4.69) is 18.8 Å². The molecule has 1 amide bonds. The third-order valence-electron chi connectivity index (χ3n) is 6.71. The van der Waals surface area contributed by atoms with Crippen LogP contribution >= 0.6 is 0 Å². The number of rotatable bonds is 12. The number of unbranched alkanes of at least 4 members (excludes halogenated alkanes) is 2. The number of methoxy groups -OCH3 is 1. The van der Waals surface area contributed by atoms with Crippen molar-refractivity contribution in [2.24, 2.45) is 5.92 Å². The van der Waals surface area contributed by atoms with Gasteiger partial charge in [0.15, 0.2) is 0 Å². The Hall–Kier alpha value is -2.93. The first-order chi connectivity index (χ1) is 16.5. The maximum absolute atomic E-state index is 13.4. The molecule has 3 rings (SSSR count). The number of carbonyl (C=O) groups is 2. The van der Waals surface area contributed by atoms with Gasteiger partial charge in [-0.05, 0) is 42.2 Å². The van der Waals surface area contributed by atoms with E-state index in [-0.39, 0.29) is 18.4 Å². The number of benzene rings is 1. The van der Waals surface area contributed by atoms with Gasteiger partial charge in [0, 0.05) is 44.0 Å². The first-order valence-corrected chi connectivity index (χ1v) is 12.3. The Balaban J connectivity index is 1.94. The highest BCUT2D eigenvalue weighted by atomic mass is 16.5. The van der Waals surface area contributed by atoms with Crippen LogP contribution in [0.4, 0.5) is 0 Å². The predicted molar refractivity (Wildman–Crippen MR) is 132 cm³/mol. The molecular weight excluding hydrogens is 430 g/mol. The molecule has 1 aromatic carbocycles. The standard InChI is InChI=1S/C27H37N3O4/c1-4-6-15-29(16-7-5-2)24(31)19-30-18-23(21-9-8-14-28-17-21)25(27(32)33)26(30)20-10-12-22(34-3)13-11-20/h8-14,17,23,25-26H,4-7,15-16,18-19H2,1-3H3,(H,32,33)/t23?,25-,26+/m0/s1. The van der Waals surface area contributed by atoms with Crippen molar-refractivity contribution in [1.82, 2.24) is 14.8 Å². The average Bonchev–Trinajstić information content (AvgIpc) is 3.24. The Kier molecular flexibility index (Phi) is 9.45. The zero-order chi connectivity index (χ0) is 24.5. The second-order valence-corrected chi connectivity index (χ2v) is 8.99. The molecule has 1 saturated heterocycles. The lowest BCUT2D eigenvalue weighted by molar-refractivity contribution is -0.144.